The number of carbonyl (C=O) groups is 1. The maximum atomic E-state index is 11.2. The second-order valence-electron chi connectivity index (χ2n) is 2.43. The van der Waals surface area contributed by atoms with Crippen molar-refractivity contribution in [3.63, 3.8) is 0 Å². The maximum absolute atomic E-state index is 11.2. The molecule has 0 amide bonds. The van der Waals surface area contributed by atoms with Crippen molar-refractivity contribution in [2.24, 2.45) is 0 Å². The lowest BCUT2D eigenvalue weighted by molar-refractivity contribution is 0.0953. The first-order chi connectivity index (χ1) is 5.13. The minimum absolute atomic E-state index is 0.0972. The van der Waals surface area contributed by atoms with Gasteiger partial charge >= 0.3 is 0 Å². The number of carbonyl (C=O) groups excluding carboxylic acids is 1. The van der Waals surface area contributed by atoms with Gasteiger partial charge in [-0.3, -0.25) is 9.36 Å². The predicted molar refractivity (Wildman–Crippen MR) is 42.4 cm³/mol. The fraction of sp³-hybridized carbons (Fsp3) is 0.250. The summed E-state index contributed by atoms with van der Waals surface area (Å²) in [7, 11) is 0. The Balaban J connectivity index is 3.02. The van der Waals surface area contributed by atoms with E-state index in [1.54, 1.807) is 26.2 Å². The molecule has 58 valence electrons. The van der Waals surface area contributed by atoms with Crippen LogP contribution in [0.15, 0.2) is 24.5 Å². The fourth-order valence-corrected chi connectivity index (χ4v) is 0.798. The Labute approximate surface area is 65.4 Å². The molecule has 0 fully saturated rings. The number of imidazole rings is 1. The average molecular weight is 150 g/mol. The largest absolute Gasteiger partial charge is 0.270 e. The Morgan fingerprint density at radius 3 is 2.73 bits per heavy atom. The number of rotatable bonds is 1. The lowest BCUT2D eigenvalue weighted by Gasteiger charge is -2.00. The van der Waals surface area contributed by atoms with Crippen LogP contribution >= 0.6 is 0 Å². The minimum atomic E-state index is -0.0972. The predicted octanol–water partition coefficient (Wildman–Crippen LogP) is 1.41. The fourth-order valence-electron chi connectivity index (χ4n) is 0.798. The smallest absolute Gasteiger partial charge is 0.258 e. The Kier molecular flexibility index (Phi) is 1.89. The van der Waals surface area contributed by atoms with Crippen LogP contribution < -0.4 is 0 Å². The van der Waals surface area contributed by atoms with E-state index in [9.17, 15) is 4.79 Å². The summed E-state index contributed by atoms with van der Waals surface area (Å²) in [6, 6.07) is 0. The molecule has 0 saturated heterocycles. The molecule has 1 aromatic rings. The number of aromatic nitrogens is 2. The Morgan fingerprint density at radius 1 is 1.73 bits per heavy atom. The highest BCUT2D eigenvalue weighted by Gasteiger charge is 2.06. The Bertz CT molecular complexity index is 299. The standard InChI is InChI=1S/C8H10N2O/c1-6(2)8(11)10-5-4-9-7(10)3/h4-5H,1H2,2-3H3. The van der Waals surface area contributed by atoms with Crippen molar-refractivity contribution in [3.05, 3.63) is 30.4 Å². The van der Waals surface area contributed by atoms with Crippen LogP contribution in [0.5, 0.6) is 0 Å². The number of hydrogen-bond donors (Lipinski definition) is 0. The summed E-state index contributed by atoms with van der Waals surface area (Å²) < 4.78 is 1.47. The Morgan fingerprint density at radius 2 is 2.36 bits per heavy atom. The van der Waals surface area contributed by atoms with Crippen molar-refractivity contribution in [3.8, 4) is 0 Å². The summed E-state index contributed by atoms with van der Waals surface area (Å²) in [5, 5.41) is 0. The summed E-state index contributed by atoms with van der Waals surface area (Å²) in [6.45, 7) is 7.01. The normalized spacial score (nSPS) is 9.64. The third kappa shape index (κ3) is 1.37. The van der Waals surface area contributed by atoms with Gasteiger partial charge in [0.2, 0.25) is 0 Å². The molecule has 0 saturated carbocycles. The Hall–Kier alpha value is -1.38. The third-order valence-corrected chi connectivity index (χ3v) is 1.41. The molecule has 0 aliphatic carbocycles. The molecule has 0 spiro atoms. The number of hydrogen-bond acceptors (Lipinski definition) is 2. The van der Waals surface area contributed by atoms with E-state index in [4.69, 9.17) is 0 Å². The van der Waals surface area contributed by atoms with Crippen LogP contribution in [-0.4, -0.2) is 15.5 Å². The zero-order valence-electron chi connectivity index (χ0n) is 6.66. The first kappa shape index (κ1) is 7.72. The molecule has 0 bridgehead atoms. The summed E-state index contributed by atoms with van der Waals surface area (Å²) in [6.07, 6.45) is 3.22. The van der Waals surface area contributed by atoms with Crippen molar-refractivity contribution in [1.29, 1.82) is 0 Å². The molecule has 3 nitrogen and oxygen atoms in total. The van der Waals surface area contributed by atoms with Gasteiger partial charge in [0.05, 0.1) is 0 Å². The zero-order chi connectivity index (χ0) is 8.43. The first-order valence-corrected chi connectivity index (χ1v) is 3.33. The van der Waals surface area contributed by atoms with Crippen LogP contribution in [0.2, 0.25) is 0 Å². The van der Waals surface area contributed by atoms with E-state index in [1.165, 1.54) is 4.57 Å². The second-order valence-corrected chi connectivity index (χ2v) is 2.43. The van der Waals surface area contributed by atoms with E-state index in [1.807, 2.05) is 0 Å². The van der Waals surface area contributed by atoms with Crippen LogP contribution in [-0.2, 0) is 0 Å². The van der Waals surface area contributed by atoms with Crippen LogP contribution in [0.25, 0.3) is 0 Å². The minimum Gasteiger partial charge on any atom is -0.270 e. The van der Waals surface area contributed by atoms with Crippen LogP contribution in [0.3, 0.4) is 0 Å². The number of nitrogens with zero attached hydrogens (tertiary/aromatic N) is 2. The van der Waals surface area contributed by atoms with Gasteiger partial charge in [0, 0.05) is 18.0 Å². The average Bonchev–Trinajstić information content (AvgIpc) is 2.33. The molecule has 1 rings (SSSR count). The molecule has 1 heterocycles. The van der Waals surface area contributed by atoms with E-state index in [0.717, 1.165) is 0 Å². The quantitative estimate of drug-likeness (QED) is 0.567. The first-order valence-electron chi connectivity index (χ1n) is 3.33. The van der Waals surface area contributed by atoms with Gasteiger partial charge in [0.1, 0.15) is 5.82 Å². The number of allylic oxidation sites excluding steroid dienone is 1. The molecule has 0 aliphatic rings. The van der Waals surface area contributed by atoms with Crippen LogP contribution in [0, 0.1) is 6.92 Å². The highest BCUT2D eigenvalue weighted by atomic mass is 16.2. The topological polar surface area (TPSA) is 34.9 Å². The summed E-state index contributed by atoms with van der Waals surface area (Å²) in [5.74, 6) is 0.595. The van der Waals surface area contributed by atoms with Gasteiger partial charge < -0.3 is 0 Å². The summed E-state index contributed by atoms with van der Waals surface area (Å²) in [4.78, 5) is 15.2. The molecular weight excluding hydrogens is 140 g/mol. The number of aryl methyl sites for hydroxylation is 1. The highest BCUT2D eigenvalue weighted by molar-refractivity contribution is 5.94. The van der Waals surface area contributed by atoms with Crippen molar-refractivity contribution >= 4 is 5.91 Å². The molecular formula is C8H10N2O. The SMILES string of the molecule is C=C(C)C(=O)n1ccnc1C. The molecule has 11 heavy (non-hydrogen) atoms. The molecule has 0 atom stereocenters. The van der Waals surface area contributed by atoms with Gasteiger partial charge in [-0.25, -0.2) is 4.98 Å². The van der Waals surface area contributed by atoms with Gasteiger partial charge in [-0.2, -0.15) is 0 Å². The lowest BCUT2D eigenvalue weighted by atomic mass is 10.3. The van der Waals surface area contributed by atoms with Crippen LogP contribution in [0.4, 0.5) is 0 Å². The second kappa shape index (κ2) is 2.70. The summed E-state index contributed by atoms with van der Waals surface area (Å²) in [5.41, 5.74) is 0.520. The van der Waals surface area contributed by atoms with Gasteiger partial charge in [0.25, 0.3) is 5.91 Å². The lowest BCUT2D eigenvalue weighted by Crippen LogP contribution is -2.11. The third-order valence-electron chi connectivity index (χ3n) is 1.41. The molecule has 3 heteroatoms. The van der Waals surface area contributed by atoms with Crippen molar-refractivity contribution in [2.75, 3.05) is 0 Å². The molecule has 0 aromatic carbocycles. The van der Waals surface area contributed by atoms with Gasteiger partial charge in [0.15, 0.2) is 0 Å². The van der Waals surface area contributed by atoms with Gasteiger partial charge in [-0.05, 0) is 13.8 Å². The van der Waals surface area contributed by atoms with E-state index in [0.29, 0.717) is 11.4 Å². The molecule has 1 aromatic heterocycles. The maximum Gasteiger partial charge on any atom is 0.258 e. The van der Waals surface area contributed by atoms with Gasteiger partial charge in [-0.1, -0.05) is 6.58 Å². The monoisotopic (exact) mass is 150 g/mol. The van der Waals surface area contributed by atoms with Crippen molar-refractivity contribution in [1.82, 2.24) is 9.55 Å². The summed E-state index contributed by atoms with van der Waals surface area (Å²) >= 11 is 0. The zero-order valence-corrected chi connectivity index (χ0v) is 6.66. The van der Waals surface area contributed by atoms with Crippen molar-refractivity contribution < 1.29 is 4.79 Å². The van der Waals surface area contributed by atoms with Crippen LogP contribution in [0.1, 0.15) is 17.5 Å². The molecule has 0 unspecified atom stereocenters. The highest BCUT2D eigenvalue weighted by Crippen LogP contribution is 1.99. The van der Waals surface area contributed by atoms with Crippen molar-refractivity contribution in [2.45, 2.75) is 13.8 Å². The molecule has 0 radical (unpaired) electrons. The molecule has 0 N–H and O–H groups in total. The molecule has 0 aliphatic heterocycles. The van der Waals surface area contributed by atoms with E-state index < -0.39 is 0 Å². The van der Waals surface area contributed by atoms with Gasteiger partial charge in [-0.15, -0.1) is 0 Å². The van der Waals surface area contributed by atoms with E-state index in [2.05, 4.69) is 11.6 Å². The van der Waals surface area contributed by atoms with E-state index >= 15 is 0 Å². The van der Waals surface area contributed by atoms with E-state index in [-0.39, 0.29) is 5.91 Å².